The van der Waals surface area contributed by atoms with Gasteiger partial charge < -0.3 is 0 Å². The van der Waals surface area contributed by atoms with E-state index < -0.39 is 83.7 Å². The van der Waals surface area contributed by atoms with Crippen LogP contribution in [0.4, 0.5) is 127 Å². The molecule has 0 unspecified atom stereocenters. The molecule has 0 bridgehead atoms. The van der Waals surface area contributed by atoms with Crippen molar-refractivity contribution in [2.45, 2.75) is 83.7 Å². The van der Waals surface area contributed by atoms with Gasteiger partial charge in [-0.1, -0.05) is 0 Å². The molecular weight excluding hydrogens is 719 g/mol. The van der Waals surface area contributed by atoms with Crippen molar-refractivity contribution in [3.05, 3.63) is 0 Å². The second-order valence-corrected chi connectivity index (χ2v) is 7.74. The van der Waals surface area contributed by atoms with Gasteiger partial charge >= 0.3 is 83.7 Å². The second kappa shape index (κ2) is 9.73. The van der Waals surface area contributed by atoms with Crippen molar-refractivity contribution in [1.29, 1.82) is 0 Å². The molecule has 0 N–H and O–H groups in total. The fourth-order valence-electron chi connectivity index (χ4n) is 2.30. The Morgan fingerprint density at radius 3 is 0.488 bits per heavy atom. The first-order valence-corrected chi connectivity index (χ1v) is 8.83. The van der Waals surface area contributed by atoms with E-state index in [0.717, 1.165) is 0 Å². The van der Waals surface area contributed by atoms with Gasteiger partial charge in [-0.3, -0.25) is 0 Å². The van der Waals surface area contributed by atoms with Crippen molar-refractivity contribution in [3.63, 3.8) is 0 Å². The predicted molar refractivity (Wildman–Crippen MR) is 71.4 cm³/mol. The third-order valence-electron chi connectivity index (χ3n) is 4.99. The van der Waals surface area contributed by atoms with Crippen molar-refractivity contribution in [2.24, 2.45) is 0 Å². The molecule has 0 fully saturated rings. The van der Waals surface area contributed by atoms with E-state index in [1.54, 1.807) is 0 Å². The van der Waals surface area contributed by atoms with Crippen LogP contribution in [0, 0.1) is 0 Å². The maximum Gasteiger partial charge on any atom is 0.460 e. The summed E-state index contributed by atoms with van der Waals surface area (Å²) in [7, 11) is 0. The fraction of sp³-hybridized carbons (Fsp3) is 1.00. The molecular formula is C14HF29. The molecule has 0 aliphatic heterocycles. The zero-order valence-electron chi connectivity index (χ0n) is 18.0. The Bertz CT molecular complexity index is 1010. The van der Waals surface area contributed by atoms with Crippen LogP contribution in [-0.4, -0.2) is 83.7 Å². The first-order valence-electron chi connectivity index (χ1n) is 8.83. The Labute approximate surface area is 212 Å². The quantitative estimate of drug-likeness (QED) is 0.177. The molecule has 0 saturated carbocycles. The molecule has 0 spiro atoms. The van der Waals surface area contributed by atoms with Crippen LogP contribution in [0.5, 0.6) is 0 Å². The van der Waals surface area contributed by atoms with Gasteiger partial charge in [-0.05, 0) is 0 Å². The van der Waals surface area contributed by atoms with E-state index in [0.29, 0.717) is 0 Å². The van der Waals surface area contributed by atoms with E-state index in [2.05, 4.69) is 0 Å². The fourth-order valence-corrected chi connectivity index (χ4v) is 2.30. The lowest BCUT2D eigenvalue weighted by molar-refractivity contribution is -0.486. The van der Waals surface area contributed by atoms with Crippen molar-refractivity contribution in [1.82, 2.24) is 0 Å². The van der Waals surface area contributed by atoms with Gasteiger partial charge in [0.25, 0.3) is 0 Å². The van der Waals surface area contributed by atoms with Gasteiger partial charge in [0, 0.05) is 0 Å². The molecule has 0 saturated heterocycles. The molecule has 0 rings (SSSR count). The SMILES string of the molecule is FC(F)C(F)(F)C(F)(F)C(F)(F)C(F)(F)C(F)(F)C(F)(F)C(F)(F)C(F)(F)C(F)(F)C(F)(F)C(F)(F)C(F)(F)C(F)(F)F. The van der Waals surface area contributed by atoms with E-state index in [9.17, 15) is 127 Å². The molecule has 29 heteroatoms. The monoisotopic (exact) mass is 720 g/mol. The standard InChI is InChI=1S/C14HF29/c15-1(16)2(17,18)3(19,20)4(21,22)5(23,24)6(25,26)7(27,28)8(29,30)9(31,32)10(33,34)11(35,36)12(37,38)13(39,40)14(41,42)43/h1H. The summed E-state index contributed by atoms with van der Waals surface area (Å²) in [5, 5.41) is 0. The zero-order valence-corrected chi connectivity index (χ0v) is 18.0. The summed E-state index contributed by atoms with van der Waals surface area (Å²) < 4.78 is 377. The minimum absolute atomic E-state index is 6.39. The topological polar surface area (TPSA) is 0 Å². The molecule has 0 aromatic rings. The molecule has 260 valence electrons. The van der Waals surface area contributed by atoms with Crippen LogP contribution < -0.4 is 0 Å². The number of alkyl halides is 29. The van der Waals surface area contributed by atoms with Gasteiger partial charge in [0.2, 0.25) is 0 Å². The maximum atomic E-state index is 13.5. The van der Waals surface area contributed by atoms with Crippen LogP contribution in [0.15, 0.2) is 0 Å². The van der Waals surface area contributed by atoms with E-state index in [-0.39, 0.29) is 0 Å². The van der Waals surface area contributed by atoms with E-state index in [4.69, 9.17) is 0 Å². The van der Waals surface area contributed by atoms with E-state index in [1.165, 1.54) is 0 Å². The Morgan fingerprint density at radius 1 is 0.209 bits per heavy atom. The van der Waals surface area contributed by atoms with Gasteiger partial charge in [-0.25, -0.2) is 8.78 Å². The molecule has 0 nitrogen and oxygen atoms in total. The molecule has 0 aliphatic carbocycles. The Kier molecular flexibility index (Phi) is 9.27. The predicted octanol–water partition coefficient (Wildman–Crippen LogP) is 9.44. The van der Waals surface area contributed by atoms with E-state index in [1.807, 2.05) is 0 Å². The summed E-state index contributed by atoms with van der Waals surface area (Å²) in [5.74, 6) is -112. The highest BCUT2D eigenvalue weighted by Crippen LogP contribution is 2.68. The first kappa shape index (κ1) is 41.0. The van der Waals surface area contributed by atoms with E-state index >= 15 is 0 Å². The summed E-state index contributed by atoms with van der Waals surface area (Å²) in [4.78, 5) is 0. The van der Waals surface area contributed by atoms with Crippen LogP contribution in [0.3, 0.4) is 0 Å². The minimum atomic E-state index is -9.89. The normalized spacial score (nSPS) is 17.2. The Hall–Kier alpha value is -2.03. The van der Waals surface area contributed by atoms with Crippen molar-refractivity contribution in [2.75, 3.05) is 0 Å². The Morgan fingerprint density at radius 2 is 0.349 bits per heavy atom. The third kappa shape index (κ3) is 4.60. The molecule has 0 aliphatic rings. The number of hydrogen-bond donors (Lipinski definition) is 0. The highest BCUT2D eigenvalue weighted by Gasteiger charge is 3.00. The van der Waals surface area contributed by atoms with Gasteiger partial charge in [0.05, 0.1) is 0 Å². The molecule has 0 amide bonds. The zero-order chi connectivity index (χ0) is 36.1. The highest BCUT2D eigenvalue weighted by atomic mass is 19.4. The molecule has 0 atom stereocenters. The lowest BCUT2D eigenvalue weighted by Gasteiger charge is -2.46. The third-order valence-corrected chi connectivity index (χ3v) is 4.99. The second-order valence-electron chi connectivity index (χ2n) is 7.74. The van der Waals surface area contributed by atoms with Gasteiger partial charge in [0.15, 0.2) is 0 Å². The van der Waals surface area contributed by atoms with Crippen LogP contribution >= 0.6 is 0 Å². The number of rotatable bonds is 12. The maximum absolute atomic E-state index is 13.5. The lowest BCUT2D eigenvalue weighted by Crippen LogP contribution is -2.79. The van der Waals surface area contributed by atoms with Crippen molar-refractivity contribution in [3.8, 4) is 0 Å². The van der Waals surface area contributed by atoms with Crippen LogP contribution in [0.1, 0.15) is 0 Å². The van der Waals surface area contributed by atoms with Crippen LogP contribution in [0.25, 0.3) is 0 Å². The Balaban J connectivity index is 7.47. The molecule has 0 radical (unpaired) electrons. The first-order chi connectivity index (χ1) is 17.9. The average Bonchev–Trinajstić information content (AvgIpc) is 2.76. The number of halogens is 29. The molecule has 0 aromatic carbocycles. The van der Waals surface area contributed by atoms with Gasteiger partial charge in [0.1, 0.15) is 0 Å². The van der Waals surface area contributed by atoms with Crippen LogP contribution in [0.2, 0.25) is 0 Å². The summed E-state index contributed by atoms with van der Waals surface area (Å²) in [6, 6.07) is 0. The molecule has 43 heavy (non-hydrogen) atoms. The van der Waals surface area contributed by atoms with Crippen molar-refractivity contribution < 1.29 is 127 Å². The lowest BCUT2D eigenvalue weighted by atomic mass is 9.84. The summed E-state index contributed by atoms with van der Waals surface area (Å²) in [5.41, 5.74) is 0. The molecule has 0 heterocycles. The average molecular weight is 720 g/mol. The smallest absolute Gasteiger partial charge is 0.203 e. The van der Waals surface area contributed by atoms with Gasteiger partial charge in [-0.15, -0.1) is 0 Å². The van der Waals surface area contributed by atoms with Gasteiger partial charge in [-0.2, -0.15) is 119 Å². The highest BCUT2D eigenvalue weighted by molar-refractivity contribution is 5.20. The van der Waals surface area contributed by atoms with Crippen molar-refractivity contribution >= 4 is 0 Å². The number of hydrogen-bond acceptors (Lipinski definition) is 0. The van der Waals surface area contributed by atoms with Crippen LogP contribution in [-0.2, 0) is 0 Å². The molecule has 0 aromatic heterocycles. The summed E-state index contributed by atoms with van der Waals surface area (Å²) in [6.45, 7) is 0. The summed E-state index contributed by atoms with van der Waals surface area (Å²) >= 11 is 0. The summed E-state index contributed by atoms with van der Waals surface area (Å²) in [6.07, 6.45) is -14.7. The minimum Gasteiger partial charge on any atom is -0.203 e. The largest absolute Gasteiger partial charge is 0.460 e.